The lowest BCUT2D eigenvalue weighted by Gasteiger charge is -2.57. The molecule has 0 radical (unpaired) electrons. The zero-order chi connectivity index (χ0) is 43.5. The molecule has 0 heterocycles. The summed E-state index contributed by atoms with van der Waals surface area (Å²) in [6.45, 7) is 29.9. The fraction of sp³-hybridized carbons (Fsp3) is 0.538. The Bertz CT molecular complexity index is 1610. The maximum Gasteiger partial charge on any atom is 0.201 e. The first-order chi connectivity index (χ1) is 28.7. The van der Waals surface area contributed by atoms with E-state index in [0.717, 1.165) is 22.3 Å². The molecule has 4 aromatic rings. The van der Waals surface area contributed by atoms with Crippen molar-refractivity contribution in [3.05, 3.63) is 144 Å². The van der Waals surface area contributed by atoms with Crippen LogP contribution in [0, 0.1) is 0 Å². The molecule has 328 valence electrons. The van der Waals surface area contributed by atoms with Gasteiger partial charge in [-0.1, -0.05) is 204 Å². The van der Waals surface area contributed by atoms with Crippen LogP contribution in [0.25, 0.3) is 0 Å². The van der Waals surface area contributed by atoms with E-state index in [1.807, 2.05) is 12.1 Å². The van der Waals surface area contributed by atoms with Gasteiger partial charge in [0.2, 0.25) is 16.6 Å². The van der Waals surface area contributed by atoms with Crippen molar-refractivity contribution < 1.29 is 27.8 Å². The van der Waals surface area contributed by atoms with Gasteiger partial charge >= 0.3 is 0 Å². The van der Waals surface area contributed by atoms with Gasteiger partial charge in [0.15, 0.2) is 0 Å². The van der Waals surface area contributed by atoms with Crippen LogP contribution in [0.1, 0.15) is 105 Å². The predicted octanol–water partition coefficient (Wildman–Crippen LogP) is 13.5. The number of ether oxygens (including phenoxy) is 4. The molecule has 0 unspecified atom stereocenters. The Balaban J connectivity index is 1.79. The predicted molar refractivity (Wildman–Crippen MR) is 252 cm³/mol. The first-order valence-electron chi connectivity index (χ1n) is 22.7. The van der Waals surface area contributed by atoms with E-state index in [1.165, 1.54) is 0 Å². The van der Waals surface area contributed by atoms with E-state index in [9.17, 15) is 0 Å². The topological polar surface area (TPSA) is 55.4 Å². The molecule has 6 nitrogen and oxygen atoms in total. The third kappa shape index (κ3) is 11.4. The second-order valence-electron chi connectivity index (χ2n) is 18.8. The number of hydrogen-bond acceptors (Lipinski definition) is 6. The van der Waals surface area contributed by atoms with Crippen LogP contribution in [0.5, 0.6) is 0 Å². The first kappa shape index (κ1) is 48.1. The van der Waals surface area contributed by atoms with Gasteiger partial charge in [0.1, 0.15) is 36.6 Å². The smallest absolute Gasteiger partial charge is 0.201 e. The molecule has 0 saturated heterocycles. The highest BCUT2D eigenvalue weighted by atomic mass is 28.4. The number of rotatable bonds is 22. The van der Waals surface area contributed by atoms with Crippen molar-refractivity contribution >= 4 is 16.6 Å². The van der Waals surface area contributed by atoms with Gasteiger partial charge < -0.3 is 27.8 Å². The molecule has 60 heavy (non-hydrogen) atoms. The first-order valence-corrected chi connectivity index (χ1v) is 27.0. The van der Waals surface area contributed by atoms with Gasteiger partial charge in [0.05, 0.1) is 26.4 Å². The van der Waals surface area contributed by atoms with Gasteiger partial charge in [0, 0.05) is 0 Å². The standard InChI is InChI=1S/C52H76O6Si2/c1-37(2)59(38(3)4,39(5)6)57-51-49(55-35-45-29-21-15-22-30-45)47(53-33-43-25-17-13-18-26-43)48(54-34-44-27-19-14-20-28-44)50(56-36-46-31-23-16-24-32-46)52(51)58-60(40(7)8,41(9)10)42(11)12/h13-32,37-42,47-52H,33-36H2,1-12H3/t47-,48+,49-,50-,51+,52+/m1/s1. The van der Waals surface area contributed by atoms with Gasteiger partial charge in [-0.3, -0.25) is 0 Å². The van der Waals surface area contributed by atoms with Crippen LogP contribution in [0.15, 0.2) is 121 Å². The van der Waals surface area contributed by atoms with Crippen molar-refractivity contribution in [1.82, 2.24) is 0 Å². The van der Waals surface area contributed by atoms with Crippen LogP contribution in [0.2, 0.25) is 33.2 Å². The lowest BCUT2D eigenvalue weighted by molar-refractivity contribution is -0.268. The molecule has 1 aliphatic rings. The van der Waals surface area contributed by atoms with E-state index >= 15 is 0 Å². The normalized spacial score (nSPS) is 21.6. The minimum absolute atomic E-state index is 0.328. The van der Waals surface area contributed by atoms with Crippen LogP contribution >= 0.6 is 0 Å². The maximum absolute atomic E-state index is 8.13. The molecule has 0 aliphatic heterocycles. The second kappa shape index (κ2) is 22.4. The van der Waals surface area contributed by atoms with E-state index in [0.29, 0.717) is 59.7 Å². The molecule has 5 rings (SSSR count). The number of hydrogen-bond donors (Lipinski definition) is 0. The van der Waals surface area contributed by atoms with E-state index in [-0.39, 0.29) is 0 Å². The quantitative estimate of drug-likeness (QED) is 0.0734. The molecule has 0 spiro atoms. The van der Waals surface area contributed by atoms with E-state index < -0.39 is 53.3 Å². The monoisotopic (exact) mass is 853 g/mol. The Labute approximate surface area is 366 Å². The Kier molecular flexibility index (Phi) is 18.0. The van der Waals surface area contributed by atoms with Gasteiger partial charge in [-0.2, -0.15) is 0 Å². The zero-order valence-electron chi connectivity index (χ0n) is 38.8. The van der Waals surface area contributed by atoms with Crippen LogP contribution in [0.4, 0.5) is 0 Å². The average Bonchev–Trinajstić information content (AvgIpc) is 3.23. The summed E-state index contributed by atoms with van der Waals surface area (Å²) in [6, 6.07) is 41.7. The van der Waals surface area contributed by atoms with Crippen molar-refractivity contribution in [2.45, 2.75) is 179 Å². The highest BCUT2D eigenvalue weighted by molar-refractivity contribution is 6.78. The molecule has 4 aromatic carbocycles. The van der Waals surface area contributed by atoms with E-state index in [4.69, 9.17) is 27.8 Å². The summed E-state index contributed by atoms with van der Waals surface area (Å²) >= 11 is 0. The van der Waals surface area contributed by atoms with Crippen molar-refractivity contribution in [3.8, 4) is 0 Å². The van der Waals surface area contributed by atoms with Crippen molar-refractivity contribution in [1.29, 1.82) is 0 Å². The highest BCUT2D eigenvalue weighted by Crippen LogP contribution is 2.50. The summed E-state index contributed by atoms with van der Waals surface area (Å²) in [5, 5.41) is 0. The summed E-state index contributed by atoms with van der Waals surface area (Å²) in [5.74, 6) is 0. The molecule has 0 bridgehead atoms. The zero-order valence-corrected chi connectivity index (χ0v) is 40.8. The molecular weight excluding hydrogens is 777 g/mol. The molecule has 8 heteroatoms. The summed E-state index contributed by atoms with van der Waals surface area (Å²) in [4.78, 5) is 0. The van der Waals surface area contributed by atoms with Crippen LogP contribution in [-0.2, 0) is 54.2 Å². The molecule has 0 N–H and O–H groups in total. The third-order valence-corrected chi connectivity index (χ3v) is 25.4. The molecule has 0 aromatic heterocycles. The Morgan fingerprint density at radius 3 is 0.667 bits per heavy atom. The van der Waals surface area contributed by atoms with Gasteiger partial charge in [-0.15, -0.1) is 0 Å². The van der Waals surface area contributed by atoms with E-state index in [1.54, 1.807) is 0 Å². The minimum atomic E-state index is -2.59. The molecule has 0 amide bonds. The summed E-state index contributed by atoms with van der Waals surface area (Å²) in [7, 11) is -5.17. The van der Waals surface area contributed by atoms with Crippen LogP contribution in [0.3, 0.4) is 0 Å². The Morgan fingerprint density at radius 1 is 0.300 bits per heavy atom. The lowest BCUT2D eigenvalue weighted by atomic mass is 9.84. The van der Waals surface area contributed by atoms with Gasteiger partial charge in [-0.25, -0.2) is 0 Å². The summed E-state index contributed by atoms with van der Waals surface area (Å²) in [5.41, 5.74) is 6.32. The van der Waals surface area contributed by atoms with Gasteiger partial charge in [0.25, 0.3) is 0 Å². The molecule has 1 saturated carbocycles. The lowest BCUT2D eigenvalue weighted by Crippen LogP contribution is -2.71. The van der Waals surface area contributed by atoms with Crippen molar-refractivity contribution in [2.24, 2.45) is 0 Å². The maximum atomic E-state index is 8.13. The third-order valence-electron chi connectivity index (χ3n) is 13.2. The van der Waals surface area contributed by atoms with Crippen LogP contribution in [-0.4, -0.2) is 53.3 Å². The number of benzene rings is 4. The minimum Gasteiger partial charge on any atom is -0.408 e. The van der Waals surface area contributed by atoms with E-state index in [2.05, 4.69) is 192 Å². The second-order valence-corrected chi connectivity index (χ2v) is 29.7. The fourth-order valence-electron chi connectivity index (χ4n) is 10.5. The highest BCUT2D eigenvalue weighted by Gasteiger charge is 2.61. The average molecular weight is 853 g/mol. The van der Waals surface area contributed by atoms with Crippen LogP contribution < -0.4 is 0 Å². The van der Waals surface area contributed by atoms with Crippen molar-refractivity contribution in [3.63, 3.8) is 0 Å². The molecular formula is C52H76O6Si2. The SMILES string of the molecule is CC(C)[Si](O[C@H]1[C@H](OCc2ccccc2)[C@H](OCc2ccccc2)[C@H](OCc2ccccc2)[C@@H](OCc2ccccc2)[C@@H]1O[Si](C(C)C)(C(C)C)C(C)C)(C(C)C)C(C)C. The Morgan fingerprint density at radius 2 is 0.483 bits per heavy atom. The molecule has 6 atom stereocenters. The summed E-state index contributed by atoms with van der Waals surface area (Å²) in [6.07, 6.45) is -3.22. The van der Waals surface area contributed by atoms with Crippen molar-refractivity contribution in [2.75, 3.05) is 0 Å². The largest absolute Gasteiger partial charge is 0.408 e. The fourth-order valence-corrected chi connectivity index (χ4v) is 21.6. The summed E-state index contributed by atoms with van der Waals surface area (Å²) < 4.78 is 45.5. The molecule has 1 aliphatic carbocycles. The van der Waals surface area contributed by atoms with Gasteiger partial charge in [-0.05, 0) is 55.5 Å². The molecule has 1 fully saturated rings. The Hall–Kier alpha value is -2.93.